The van der Waals surface area contributed by atoms with Crippen molar-refractivity contribution in [3.8, 4) is 0 Å². The molecule has 19 heavy (non-hydrogen) atoms. The minimum absolute atomic E-state index is 0.282. The van der Waals surface area contributed by atoms with Gasteiger partial charge in [0.1, 0.15) is 0 Å². The number of rotatable bonds is 5. The summed E-state index contributed by atoms with van der Waals surface area (Å²) in [7, 11) is 1.76. The van der Waals surface area contributed by atoms with Crippen molar-refractivity contribution in [1.82, 2.24) is 4.98 Å². The molecule has 0 saturated carbocycles. The van der Waals surface area contributed by atoms with Crippen LogP contribution in [0, 0.1) is 0 Å². The zero-order chi connectivity index (χ0) is 13.8. The van der Waals surface area contributed by atoms with Gasteiger partial charge < -0.3 is 9.64 Å². The second kappa shape index (κ2) is 6.48. The van der Waals surface area contributed by atoms with Gasteiger partial charge in [-0.05, 0) is 25.2 Å². The molecule has 1 aliphatic heterocycles. The predicted octanol–water partition coefficient (Wildman–Crippen LogP) is 3.08. The Labute approximate surface area is 118 Å². The van der Waals surface area contributed by atoms with Gasteiger partial charge in [-0.3, -0.25) is 4.79 Å². The van der Waals surface area contributed by atoms with Crippen molar-refractivity contribution in [1.29, 1.82) is 0 Å². The molecule has 1 aromatic heterocycles. The molecule has 2 atom stereocenters. The number of nitrogens with zero attached hydrogens (tertiary/aromatic N) is 2. The third-order valence-corrected chi connectivity index (χ3v) is 4.90. The molecule has 1 aromatic rings. The molecular formula is C14H22N2O2S. The van der Waals surface area contributed by atoms with Crippen LogP contribution in [0.25, 0.3) is 0 Å². The minimum Gasteiger partial charge on any atom is -0.380 e. The summed E-state index contributed by atoms with van der Waals surface area (Å²) < 4.78 is 5.44. The number of carbonyl (C=O) groups excluding carboxylic acids is 1. The maximum absolute atomic E-state index is 11.2. The Kier molecular flexibility index (Phi) is 4.93. The van der Waals surface area contributed by atoms with Crippen LogP contribution in [0.3, 0.4) is 0 Å². The molecule has 1 saturated heterocycles. The number of aromatic nitrogens is 1. The van der Waals surface area contributed by atoms with Crippen LogP contribution in [-0.2, 0) is 4.74 Å². The molecule has 0 aromatic carbocycles. The third kappa shape index (κ3) is 3.15. The van der Waals surface area contributed by atoms with Gasteiger partial charge in [0.25, 0.3) is 0 Å². The summed E-state index contributed by atoms with van der Waals surface area (Å²) in [5.74, 6) is 0.341. The molecule has 1 aliphatic rings. The largest absolute Gasteiger partial charge is 0.380 e. The van der Waals surface area contributed by atoms with Gasteiger partial charge in [0.2, 0.25) is 0 Å². The van der Waals surface area contributed by atoms with Crippen molar-refractivity contribution in [2.24, 2.45) is 0 Å². The van der Waals surface area contributed by atoms with E-state index in [2.05, 4.69) is 18.7 Å². The van der Waals surface area contributed by atoms with Crippen molar-refractivity contribution >= 4 is 22.8 Å². The number of thiazole rings is 1. The van der Waals surface area contributed by atoms with E-state index in [0.717, 1.165) is 54.3 Å². The fourth-order valence-corrected chi connectivity index (χ4v) is 3.44. The fraction of sp³-hybridized carbons (Fsp3) is 0.714. The Morgan fingerprint density at radius 3 is 3.05 bits per heavy atom. The molecule has 0 spiro atoms. The standard InChI is InChI=1S/C14H22N2O2S/c1-4-10(2)13-12(9-17)19-14(15-13)16-7-5-6-11(8-16)18-3/h9-11H,4-8H2,1-3H3. The topological polar surface area (TPSA) is 42.4 Å². The van der Waals surface area contributed by atoms with E-state index >= 15 is 0 Å². The number of hydrogen-bond donors (Lipinski definition) is 0. The number of methoxy groups -OCH3 is 1. The highest BCUT2D eigenvalue weighted by Gasteiger charge is 2.24. The molecule has 2 heterocycles. The summed E-state index contributed by atoms with van der Waals surface area (Å²) in [5, 5.41) is 0.971. The summed E-state index contributed by atoms with van der Waals surface area (Å²) >= 11 is 1.51. The quantitative estimate of drug-likeness (QED) is 0.778. The molecule has 1 fully saturated rings. The van der Waals surface area contributed by atoms with E-state index in [4.69, 9.17) is 9.72 Å². The third-order valence-electron chi connectivity index (χ3n) is 3.84. The normalized spacial score (nSPS) is 21.4. The second-order valence-corrected chi connectivity index (χ2v) is 6.13. The average molecular weight is 282 g/mol. The second-order valence-electron chi connectivity index (χ2n) is 5.12. The summed E-state index contributed by atoms with van der Waals surface area (Å²) in [5.41, 5.74) is 0.956. The molecular weight excluding hydrogens is 260 g/mol. The lowest BCUT2D eigenvalue weighted by atomic mass is 10.0. The van der Waals surface area contributed by atoms with Crippen molar-refractivity contribution in [3.63, 3.8) is 0 Å². The number of anilines is 1. The molecule has 2 rings (SSSR count). The lowest BCUT2D eigenvalue weighted by molar-refractivity contribution is 0.0893. The Hall–Kier alpha value is -0.940. The summed E-state index contributed by atoms with van der Waals surface area (Å²) in [4.78, 5) is 18.9. The average Bonchev–Trinajstić information content (AvgIpc) is 2.90. The van der Waals surface area contributed by atoms with Crippen molar-refractivity contribution in [2.45, 2.75) is 45.1 Å². The van der Waals surface area contributed by atoms with Crippen LogP contribution in [0.15, 0.2) is 0 Å². The monoisotopic (exact) mass is 282 g/mol. The first-order valence-electron chi connectivity index (χ1n) is 6.93. The van der Waals surface area contributed by atoms with Crippen LogP contribution < -0.4 is 4.90 Å². The first kappa shape index (κ1) is 14.5. The molecule has 0 radical (unpaired) electrons. The predicted molar refractivity (Wildman–Crippen MR) is 78.5 cm³/mol. The molecule has 4 nitrogen and oxygen atoms in total. The molecule has 2 unspecified atom stereocenters. The number of ether oxygens (including phenoxy) is 1. The number of piperidine rings is 1. The van der Waals surface area contributed by atoms with Crippen molar-refractivity contribution in [3.05, 3.63) is 10.6 Å². The maximum atomic E-state index is 11.2. The van der Waals surface area contributed by atoms with E-state index in [1.54, 1.807) is 7.11 Å². The zero-order valence-electron chi connectivity index (χ0n) is 11.9. The van der Waals surface area contributed by atoms with E-state index in [1.165, 1.54) is 11.3 Å². The summed E-state index contributed by atoms with van der Waals surface area (Å²) in [6.45, 7) is 6.13. The highest BCUT2D eigenvalue weighted by Crippen LogP contribution is 2.32. The summed E-state index contributed by atoms with van der Waals surface area (Å²) in [6.07, 6.45) is 4.46. The van der Waals surface area contributed by atoms with E-state index in [1.807, 2.05) is 0 Å². The van der Waals surface area contributed by atoms with E-state index < -0.39 is 0 Å². The van der Waals surface area contributed by atoms with Gasteiger partial charge in [0.05, 0.1) is 16.7 Å². The van der Waals surface area contributed by atoms with Crippen molar-refractivity contribution < 1.29 is 9.53 Å². The van der Waals surface area contributed by atoms with Gasteiger partial charge in [0.15, 0.2) is 11.4 Å². The van der Waals surface area contributed by atoms with Gasteiger partial charge in [-0.1, -0.05) is 25.2 Å². The molecule has 5 heteroatoms. The number of carbonyl (C=O) groups is 1. The van der Waals surface area contributed by atoms with E-state index in [9.17, 15) is 4.79 Å². The van der Waals surface area contributed by atoms with E-state index in [-0.39, 0.29) is 6.10 Å². The Morgan fingerprint density at radius 2 is 2.42 bits per heavy atom. The van der Waals surface area contributed by atoms with Crippen LogP contribution in [-0.4, -0.2) is 37.6 Å². The summed E-state index contributed by atoms with van der Waals surface area (Å²) in [6, 6.07) is 0. The Morgan fingerprint density at radius 1 is 1.63 bits per heavy atom. The van der Waals surface area contributed by atoms with Crippen LogP contribution in [0.4, 0.5) is 5.13 Å². The van der Waals surface area contributed by atoms with Crippen LogP contribution in [0.2, 0.25) is 0 Å². The molecule has 0 aliphatic carbocycles. The Bertz CT molecular complexity index is 433. The molecule has 0 bridgehead atoms. The highest BCUT2D eigenvalue weighted by molar-refractivity contribution is 7.17. The highest BCUT2D eigenvalue weighted by atomic mass is 32.1. The number of hydrogen-bond acceptors (Lipinski definition) is 5. The zero-order valence-corrected chi connectivity index (χ0v) is 12.7. The van der Waals surface area contributed by atoms with Crippen LogP contribution in [0.1, 0.15) is 54.4 Å². The van der Waals surface area contributed by atoms with Crippen LogP contribution >= 0.6 is 11.3 Å². The lowest BCUT2D eigenvalue weighted by Crippen LogP contribution is -2.39. The smallest absolute Gasteiger partial charge is 0.186 e. The van der Waals surface area contributed by atoms with Gasteiger partial charge in [-0.25, -0.2) is 4.98 Å². The SMILES string of the molecule is CCC(C)c1nc(N2CCCC(OC)C2)sc1C=O. The molecule has 0 amide bonds. The van der Waals surface area contributed by atoms with Gasteiger partial charge in [0, 0.05) is 20.2 Å². The Balaban J connectivity index is 2.20. The first-order chi connectivity index (χ1) is 9.19. The molecule has 106 valence electrons. The van der Waals surface area contributed by atoms with Crippen molar-refractivity contribution in [2.75, 3.05) is 25.1 Å². The van der Waals surface area contributed by atoms with Crippen LogP contribution in [0.5, 0.6) is 0 Å². The lowest BCUT2D eigenvalue weighted by Gasteiger charge is -2.31. The minimum atomic E-state index is 0.282. The molecule has 0 N–H and O–H groups in total. The van der Waals surface area contributed by atoms with Gasteiger partial charge >= 0.3 is 0 Å². The maximum Gasteiger partial charge on any atom is 0.186 e. The van der Waals surface area contributed by atoms with Gasteiger partial charge in [-0.15, -0.1) is 0 Å². The van der Waals surface area contributed by atoms with Gasteiger partial charge in [-0.2, -0.15) is 0 Å². The first-order valence-corrected chi connectivity index (χ1v) is 7.74. The number of aldehydes is 1. The fourth-order valence-electron chi connectivity index (χ4n) is 2.40. The van der Waals surface area contributed by atoms with E-state index in [0.29, 0.717) is 5.92 Å².